The van der Waals surface area contributed by atoms with Crippen molar-refractivity contribution in [2.45, 2.75) is 31.7 Å². The fourth-order valence-electron chi connectivity index (χ4n) is 2.66. The monoisotopic (exact) mass is 249 g/mol. The SMILES string of the molecule is CCOCCc1cccc2c1CC(N)C2C(=O)O. The molecule has 0 amide bonds. The Labute approximate surface area is 107 Å². The van der Waals surface area contributed by atoms with E-state index in [0.717, 1.165) is 17.5 Å². The van der Waals surface area contributed by atoms with Crippen molar-refractivity contribution in [3.8, 4) is 0 Å². The molecule has 0 bridgehead atoms. The topological polar surface area (TPSA) is 72.5 Å². The van der Waals surface area contributed by atoms with Crippen molar-refractivity contribution in [1.82, 2.24) is 0 Å². The Morgan fingerprint density at radius 1 is 1.56 bits per heavy atom. The molecule has 18 heavy (non-hydrogen) atoms. The van der Waals surface area contributed by atoms with E-state index in [2.05, 4.69) is 0 Å². The molecule has 3 N–H and O–H groups in total. The van der Waals surface area contributed by atoms with Crippen LogP contribution in [0.15, 0.2) is 18.2 Å². The van der Waals surface area contributed by atoms with Gasteiger partial charge < -0.3 is 15.6 Å². The van der Waals surface area contributed by atoms with E-state index in [9.17, 15) is 9.90 Å². The van der Waals surface area contributed by atoms with Gasteiger partial charge in [-0.1, -0.05) is 18.2 Å². The molecule has 0 spiro atoms. The molecule has 0 radical (unpaired) electrons. The molecule has 0 aliphatic heterocycles. The maximum Gasteiger partial charge on any atom is 0.312 e. The number of fused-ring (bicyclic) bond motifs is 1. The molecule has 2 rings (SSSR count). The van der Waals surface area contributed by atoms with Gasteiger partial charge in [-0.05, 0) is 36.5 Å². The minimum Gasteiger partial charge on any atom is -0.481 e. The smallest absolute Gasteiger partial charge is 0.312 e. The first-order valence-electron chi connectivity index (χ1n) is 6.32. The second-order valence-corrected chi connectivity index (χ2v) is 4.62. The van der Waals surface area contributed by atoms with Crippen LogP contribution in [0.1, 0.15) is 29.5 Å². The number of carboxylic acids is 1. The Kier molecular flexibility index (Phi) is 3.99. The van der Waals surface area contributed by atoms with Crippen molar-refractivity contribution < 1.29 is 14.6 Å². The first-order valence-corrected chi connectivity index (χ1v) is 6.32. The fraction of sp³-hybridized carbons (Fsp3) is 0.500. The number of carboxylic acid groups (broad SMARTS) is 1. The van der Waals surface area contributed by atoms with Gasteiger partial charge in [-0.2, -0.15) is 0 Å². The highest BCUT2D eigenvalue weighted by Crippen LogP contribution is 2.34. The predicted molar refractivity (Wildman–Crippen MR) is 68.7 cm³/mol. The summed E-state index contributed by atoms with van der Waals surface area (Å²) in [5.41, 5.74) is 9.10. The van der Waals surface area contributed by atoms with E-state index in [-0.39, 0.29) is 6.04 Å². The van der Waals surface area contributed by atoms with Crippen molar-refractivity contribution in [3.05, 3.63) is 34.9 Å². The van der Waals surface area contributed by atoms with Crippen LogP contribution < -0.4 is 5.73 Å². The van der Waals surface area contributed by atoms with Gasteiger partial charge in [0.1, 0.15) is 0 Å². The van der Waals surface area contributed by atoms with Crippen molar-refractivity contribution in [2.75, 3.05) is 13.2 Å². The number of hydrogen-bond acceptors (Lipinski definition) is 3. The molecule has 0 saturated heterocycles. The number of nitrogens with two attached hydrogens (primary N) is 1. The van der Waals surface area contributed by atoms with Gasteiger partial charge in [-0.3, -0.25) is 4.79 Å². The largest absolute Gasteiger partial charge is 0.481 e. The van der Waals surface area contributed by atoms with Crippen LogP contribution in [0.25, 0.3) is 0 Å². The third-order valence-corrected chi connectivity index (χ3v) is 3.50. The van der Waals surface area contributed by atoms with Gasteiger partial charge >= 0.3 is 5.97 Å². The average molecular weight is 249 g/mol. The van der Waals surface area contributed by atoms with Gasteiger partial charge in [-0.25, -0.2) is 0 Å². The summed E-state index contributed by atoms with van der Waals surface area (Å²) < 4.78 is 5.35. The summed E-state index contributed by atoms with van der Waals surface area (Å²) in [6.07, 6.45) is 1.46. The van der Waals surface area contributed by atoms with E-state index >= 15 is 0 Å². The molecule has 1 aliphatic rings. The third kappa shape index (κ3) is 2.40. The quantitative estimate of drug-likeness (QED) is 0.772. The third-order valence-electron chi connectivity index (χ3n) is 3.50. The molecular weight excluding hydrogens is 230 g/mol. The van der Waals surface area contributed by atoms with Gasteiger partial charge in [0, 0.05) is 12.6 Å². The Bertz CT molecular complexity index is 445. The predicted octanol–water partition coefficient (Wildman–Crippen LogP) is 1.32. The maximum absolute atomic E-state index is 11.2. The molecule has 0 aromatic heterocycles. The van der Waals surface area contributed by atoms with Crippen LogP contribution >= 0.6 is 0 Å². The minimum absolute atomic E-state index is 0.314. The average Bonchev–Trinajstić information content (AvgIpc) is 2.66. The molecule has 98 valence electrons. The van der Waals surface area contributed by atoms with E-state index in [4.69, 9.17) is 10.5 Å². The number of aliphatic carboxylic acids is 1. The van der Waals surface area contributed by atoms with Crippen molar-refractivity contribution in [1.29, 1.82) is 0 Å². The van der Waals surface area contributed by atoms with E-state index in [1.807, 2.05) is 25.1 Å². The summed E-state index contributed by atoms with van der Waals surface area (Å²) in [5.74, 6) is -1.39. The zero-order valence-corrected chi connectivity index (χ0v) is 10.6. The molecule has 0 fully saturated rings. The summed E-state index contributed by atoms with van der Waals surface area (Å²) >= 11 is 0. The molecular formula is C14H19NO3. The highest BCUT2D eigenvalue weighted by Gasteiger charge is 2.36. The Hall–Kier alpha value is -1.39. The number of benzene rings is 1. The second kappa shape index (κ2) is 5.50. The lowest BCUT2D eigenvalue weighted by atomic mass is 9.97. The minimum atomic E-state index is -0.830. The lowest BCUT2D eigenvalue weighted by Gasteiger charge is -2.11. The summed E-state index contributed by atoms with van der Waals surface area (Å²) in [6.45, 7) is 3.33. The summed E-state index contributed by atoms with van der Waals surface area (Å²) in [5, 5.41) is 9.23. The standard InChI is InChI=1S/C14H19NO3/c1-2-18-7-6-9-4-3-5-10-11(9)8-12(15)13(10)14(16)17/h3-5,12-13H,2,6-8,15H2,1H3,(H,16,17). The molecule has 1 aromatic rings. The maximum atomic E-state index is 11.2. The first kappa shape index (κ1) is 13.1. The Morgan fingerprint density at radius 3 is 3.00 bits per heavy atom. The molecule has 1 aliphatic carbocycles. The summed E-state index contributed by atoms with van der Waals surface area (Å²) in [4.78, 5) is 11.2. The zero-order valence-electron chi connectivity index (χ0n) is 10.6. The van der Waals surface area contributed by atoms with E-state index in [0.29, 0.717) is 19.6 Å². The van der Waals surface area contributed by atoms with Gasteiger partial charge in [0.25, 0.3) is 0 Å². The second-order valence-electron chi connectivity index (χ2n) is 4.62. The van der Waals surface area contributed by atoms with Gasteiger partial charge in [0.05, 0.1) is 12.5 Å². The van der Waals surface area contributed by atoms with Crippen LogP contribution in [0.3, 0.4) is 0 Å². The lowest BCUT2D eigenvalue weighted by Crippen LogP contribution is -2.30. The van der Waals surface area contributed by atoms with Gasteiger partial charge in [-0.15, -0.1) is 0 Å². The van der Waals surface area contributed by atoms with Crippen LogP contribution in [0, 0.1) is 0 Å². The van der Waals surface area contributed by atoms with Crippen molar-refractivity contribution >= 4 is 5.97 Å². The van der Waals surface area contributed by atoms with Gasteiger partial charge in [0.2, 0.25) is 0 Å². The number of hydrogen-bond donors (Lipinski definition) is 2. The van der Waals surface area contributed by atoms with Crippen molar-refractivity contribution in [3.63, 3.8) is 0 Å². The molecule has 2 atom stereocenters. The molecule has 0 heterocycles. The molecule has 4 heteroatoms. The fourth-order valence-corrected chi connectivity index (χ4v) is 2.66. The van der Waals surface area contributed by atoms with E-state index in [1.165, 1.54) is 5.56 Å². The number of rotatable bonds is 5. The lowest BCUT2D eigenvalue weighted by molar-refractivity contribution is -0.139. The molecule has 1 aromatic carbocycles. The molecule has 4 nitrogen and oxygen atoms in total. The zero-order chi connectivity index (χ0) is 13.1. The van der Waals surface area contributed by atoms with Crippen LogP contribution in [0.4, 0.5) is 0 Å². The Morgan fingerprint density at radius 2 is 2.33 bits per heavy atom. The summed E-state index contributed by atoms with van der Waals surface area (Å²) in [7, 11) is 0. The number of ether oxygens (including phenoxy) is 1. The Balaban J connectivity index is 2.24. The number of carbonyl (C=O) groups is 1. The van der Waals surface area contributed by atoms with Crippen LogP contribution in [0.2, 0.25) is 0 Å². The van der Waals surface area contributed by atoms with Crippen molar-refractivity contribution in [2.24, 2.45) is 5.73 Å². The van der Waals surface area contributed by atoms with Crippen LogP contribution in [-0.2, 0) is 22.4 Å². The molecule has 2 unspecified atom stereocenters. The highest BCUT2D eigenvalue weighted by molar-refractivity contribution is 5.79. The van der Waals surface area contributed by atoms with Crippen LogP contribution in [0.5, 0.6) is 0 Å². The first-order chi connectivity index (χ1) is 8.65. The van der Waals surface area contributed by atoms with Crippen LogP contribution in [-0.4, -0.2) is 30.3 Å². The van der Waals surface area contributed by atoms with E-state index in [1.54, 1.807) is 0 Å². The molecule has 0 saturated carbocycles. The summed E-state index contributed by atoms with van der Waals surface area (Å²) in [6, 6.07) is 5.51. The highest BCUT2D eigenvalue weighted by atomic mass is 16.5. The normalized spacial score (nSPS) is 21.9. The van der Waals surface area contributed by atoms with Gasteiger partial charge in [0.15, 0.2) is 0 Å². The van der Waals surface area contributed by atoms with E-state index < -0.39 is 11.9 Å².